The summed E-state index contributed by atoms with van der Waals surface area (Å²) in [5, 5.41) is 0. The molecule has 2 aliphatic carbocycles. The van der Waals surface area contributed by atoms with Gasteiger partial charge in [-0.1, -0.05) is 95.9 Å². The third kappa shape index (κ3) is 7.23. The number of halogens is 5. The molecule has 0 bridgehead atoms. The zero-order valence-corrected chi connectivity index (χ0v) is 19.4. The number of benzene rings is 1. The topological polar surface area (TPSA) is 0 Å². The van der Waals surface area contributed by atoms with Crippen LogP contribution in [0.3, 0.4) is 0 Å². The maximum Gasteiger partial charge on any atom is 0.310 e. The van der Waals surface area contributed by atoms with Crippen molar-refractivity contribution in [1.82, 2.24) is 0 Å². The first kappa shape index (κ1) is 24.6. The van der Waals surface area contributed by atoms with Gasteiger partial charge in [-0.3, -0.25) is 0 Å². The van der Waals surface area contributed by atoms with Crippen molar-refractivity contribution in [1.29, 1.82) is 0 Å². The Morgan fingerprint density at radius 2 is 1.42 bits per heavy atom. The van der Waals surface area contributed by atoms with Crippen LogP contribution in [0.4, 0.5) is 19.4 Å². The molecule has 3 rings (SSSR count). The SMILES string of the molecule is CCCCCCCC1CCC(C2CC=C(c3ccc(S(F)(F)(F)(F)F)cc3)CC2)CC1. The fourth-order valence-electron chi connectivity index (χ4n) is 5.46. The normalized spacial score (nSPS) is 27.3. The number of allylic oxidation sites excluding steroid dienone is 2. The lowest BCUT2D eigenvalue weighted by atomic mass is 9.70. The van der Waals surface area contributed by atoms with Gasteiger partial charge in [0.05, 0.1) is 0 Å². The van der Waals surface area contributed by atoms with Crippen molar-refractivity contribution in [2.45, 2.75) is 95.3 Å². The molecule has 0 aromatic heterocycles. The standard InChI is InChI=1S/C25H37F5S/c1-2-3-4-5-6-7-20-8-10-21(11-9-20)22-12-14-23(15-13-22)24-16-18-25(19-17-24)31(26,27,28,29)30/h14,16-22H,2-13,15H2,1H3. The van der Waals surface area contributed by atoms with Crippen LogP contribution in [0.2, 0.25) is 0 Å². The smallest absolute Gasteiger partial charge is 0.0936 e. The molecule has 0 spiro atoms. The Kier molecular flexibility index (Phi) is 7.20. The van der Waals surface area contributed by atoms with Crippen LogP contribution >= 0.6 is 10.2 Å². The molecule has 1 aromatic carbocycles. The summed E-state index contributed by atoms with van der Waals surface area (Å²) in [6.45, 7) is 2.25. The minimum atomic E-state index is -9.59. The van der Waals surface area contributed by atoms with E-state index in [1.165, 1.54) is 76.3 Å². The summed E-state index contributed by atoms with van der Waals surface area (Å²) in [4.78, 5) is -1.81. The Balaban J connectivity index is 1.47. The molecule has 1 saturated carbocycles. The van der Waals surface area contributed by atoms with Gasteiger partial charge in [0.15, 0.2) is 0 Å². The predicted octanol–water partition coefficient (Wildman–Crippen LogP) is 10.7. The minimum Gasteiger partial charge on any atom is -0.0936 e. The molecule has 1 aromatic rings. The van der Waals surface area contributed by atoms with Crippen molar-refractivity contribution in [2.24, 2.45) is 17.8 Å². The van der Waals surface area contributed by atoms with Crippen molar-refractivity contribution in [3.05, 3.63) is 35.9 Å². The zero-order chi connectivity index (χ0) is 22.6. The van der Waals surface area contributed by atoms with Gasteiger partial charge in [0, 0.05) is 0 Å². The van der Waals surface area contributed by atoms with E-state index in [9.17, 15) is 19.4 Å². The van der Waals surface area contributed by atoms with Gasteiger partial charge in [-0.25, -0.2) is 0 Å². The summed E-state index contributed by atoms with van der Waals surface area (Å²) in [6.07, 6.45) is 18.3. The third-order valence-corrected chi connectivity index (χ3v) is 8.56. The minimum absolute atomic E-state index is 0.535. The van der Waals surface area contributed by atoms with Crippen LogP contribution in [-0.4, -0.2) is 0 Å². The lowest BCUT2D eigenvalue weighted by molar-refractivity contribution is 0.187. The van der Waals surface area contributed by atoms with Crippen molar-refractivity contribution in [3.8, 4) is 0 Å². The quantitative estimate of drug-likeness (QED) is 0.252. The van der Waals surface area contributed by atoms with Crippen LogP contribution < -0.4 is 0 Å². The Morgan fingerprint density at radius 3 is 1.97 bits per heavy atom. The molecule has 1 fully saturated rings. The second-order valence-corrected chi connectivity index (χ2v) is 12.2. The molecular formula is C25H37F5S. The monoisotopic (exact) mass is 464 g/mol. The second kappa shape index (κ2) is 9.07. The summed E-state index contributed by atoms with van der Waals surface area (Å²) in [5.41, 5.74) is 1.63. The van der Waals surface area contributed by atoms with Gasteiger partial charge in [0.2, 0.25) is 0 Å². The summed E-state index contributed by atoms with van der Waals surface area (Å²) in [6, 6.07) is 3.47. The number of unbranched alkanes of at least 4 members (excludes halogenated alkanes) is 4. The summed E-state index contributed by atoms with van der Waals surface area (Å²) in [5.74, 6) is 2.29. The van der Waals surface area contributed by atoms with Crippen molar-refractivity contribution >= 4 is 15.8 Å². The molecule has 0 amide bonds. The van der Waals surface area contributed by atoms with E-state index in [1.807, 2.05) is 0 Å². The van der Waals surface area contributed by atoms with E-state index in [-0.39, 0.29) is 0 Å². The molecule has 0 aliphatic heterocycles. The largest absolute Gasteiger partial charge is 0.310 e. The average Bonchev–Trinajstić information content (AvgIpc) is 2.73. The molecule has 1 unspecified atom stereocenters. The molecule has 6 heteroatoms. The van der Waals surface area contributed by atoms with E-state index in [1.54, 1.807) is 0 Å². The Labute approximate surface area is 184 Å². The van der Waals surface area contributed by atoms with Gasteiger partial charge in [0.1, 0.15) is 4.90 Å². The highest BCUT2D eigenvalue weighted by atomic mass is 32.5. The van der Waals surface area contributed by atoms with Crippen LogP contribution in [-0.2, 0) is 0 Å². The Morgan fingerprint density at radius 1 is 0.774 bits per heavy atom. The fourth-order valence-corrected chi connectivity index (χ4v) is 6.11. The number of hydrogen-bond acceptors (Lipinski definition) is 0. The highest BCUT2D eigenvalue weighted by molar-refractivity contribution is 8.45. The van der Waals surface area contributed by atoms with E-state index in [0.29, 0.717) is 23.6 Å². The molecule has 0 heterocycles. The average molecular weight is 465 g/mol. The highest BCUT2D eigenvalue weighted by Gasteiger charge is 2.65. The van der Waals surface area contributed by atoms with Crippen LogP contribution in [0.15, 0.2) is 35.2 Å². The molecule has 178 valence electrons. The molecule has 0 nitrogen and oxygen atoms in total. The van der Waals surface area contributed by atoms with Crippen LogP contribution in [0, 0.1) is 17.8 Å². The molecule has 0 N–H and O–H groups in total. The Hall–Kier alpha value is -1.04. The van der Waals surface area contributed by atoms with Gasteiger partial charge in [-0.15, -0.1) is 0 Å². The van der Waals surface area contributed by atoms with Gasteiger partial charge >= 0.3 is 10.2 Å². The number of rotatable bonds is 9. The molecule has 2 aliphatic rings. The maximum atomic E-state index is 12.9. The zero-order valence-electron chi connectivity index (χ0n) is 18.6. The van der Waals surface area contributed by atoms with Crippen LogP contribution in [0.1, 0.15) is 96.0 Å². The van der Waals surface area contributed by atoms with E-state index in [0.717, 1.165) is 36.7 Å². The first-order valence-corrected chi connectivity index (χ1v) is 13.9. The second-order valence-electron chi connectivity index (χ2n) is 9.74. The fraction of sp³-hybridized carbons (Fsp3) is 0.680. The molecular weight excluding hydrogens is 427 g/mol. The molecule has 0 saturated heterocycles. The van der Waals surface area contributed by atoms with Gasteiger partial charge < -0.3 is 0 Å². The van der Waals surface area contributed by atoms with Gasteiger partial charge in [-0.05, 0) is 73.1 Å². The highest BCUT2D eigenvalue weighted by Crippen LogP contribution is 3.02. The van der Waals surface area contributed by atoms with E-state index >= 15 is 0 Å². The third-order valence-electron chi connectivity index (χ3n) is 7.40. The van der Waals surface area contributed by atoms with Crippen molar-refractivity contribution in [3.63, 3.8) is 0 Å². The van der Waals surface area contributed by atoms with Gasteiger partial charge in [0.25, 0.3) is 0 Å². The van der Waals surface area contributed by atoms with Crippen molar-refractivity contribution in [2.75, 3.05) is 0 Å². The molecule has 1 atom stereocenters. The summed E-state index contributed by atoms with van der Waals surface area (Å²) < 4.78 is 64.5. The molecule has 31 heavy (non-hydrogen) atoms. The van der Waals surface area contributed by atoms with Crippen LogP contribution in [0.5, 0.6) is 0 Å². The maximum absolute atomic E-state index is 12.9. The summed E-state index contributed by atoms with van der Waals surface area (Å²) >= 11 is 0. The Bertz CT molecular complexity index is 743. The lowest BCUT2D eigenvalue weighted by Gasteiger charge is -2.40. The lowest BCUT2D eigenvalue weighted by Crippen LogP contribution is -2.23. The van der Waals surface area contributed by atoms with Gasteiger partial charge in [-0.2, -0.15) is 0 Å². The van der Waals surface area contributed by atoms with E-state index in [4.69, 9.17) is 0 Å². The molecule has 0 radical (unpaired) electrons. The van der Waals surface area contributed by atoms with E-state index in [2.05, 4.69) is 13.0 Å². The predicted molar refractivity (Wildman–Crippen MR) is 122 cm³/mol. The van der Waals surface area contributed by atoms with Crippen LogP contribution in [0.25, 0.3) is 5.57 Å². The van der Waals surface area contributed by atoms with E-state index < -0.39 is 15.1 Å². The number of hydrogen-bond donors (Lipinski definition) is 0. The van der Waals surface area contributed by atoms with Crippen molar-refractivity contribution < 1.29 is 19.4 Å². The first-order valence-electron chi connectivity index (χ1n) is 12.0. The summed E-state index contributed by atoms with van der Waals surface area (Å²) in [7, 11) is -9.59. The first-order chi connectivity index (χ1) is 14.5.